The highest BCUT2D eigenvalue weighted by Crippen LogP contribution is 2.18. The lowest BCUT2D eigenvalue weighted by Crippen LogP contribution is -2.37. The number of ether oxygens (including phenoxy) is 2. The fourth-order valence-corrected chi connectivity index (χ4v) is 2.26. The number of benzene rings is 2. The maximum absolute atomic E-state index is 12.4. The smallest absolute Gasteiger partial charge is 0.263 e. The molecule has 0 aliphatic carbocycles. The number of hydrogen-bond donors (Lipinski definition) is 0. The molecule has 0 aliphatic rings. The van der Waals surface area contributed by atoms with Crippen LogP contribution >= 0.6 is 0 Å². The van der Waals surface area contributed by atoms with Crippen LogP contribution in [0.2, 0.25) is 0 Å². The molecule has 124 valence electrons. The lowest BCUT2D eigenvalue weighted by Gasteiger charge is -2.22. The van der Waals surface area contributed by atoms with Crippen LogP contribution in [-0.4, -0.2) is 31.1 Å². The molecule has 5 heteroatoms. The van der Waals surface area contributed by atoms with Crippen molar-refractivity contribution in [1.29, 1.82) is 5.26 Å². The Kier molecular flexibility index (Phi) is 5.80. The predicted molar refractivity (Wildman–Crippen MR) is 90.7 cm³/mol. The average molecular weight is 324 g/mol. The second-order valence-electron chi connectivity index (χ2n) is 5.44. The van der Waals surface area contributed by atoms with E-state index in [-0.39, 0.29) is 5.91 Å². The van der Waals surface area contributed by atoms with E-state index in [0.717, 1.165) is 11.3 Å². The molecule has 0 N–H and O–H groups in total. The highest BCUT2D eigenvalue weighted by Gasteiger charge is 2.19. The number of amides is 1. The van der Waals surface area contributed by atoms with E-state index < -0.39 is 6.10 Å². The molecule has 0 aliphatic heterocycles. The number of methoxy groups -OCH3 is 1. The van der Waals surface area contributed by atoms with Gasteiger partial charge in [-0.25, -0.2) is 0 Å². The summed E-state index contributed by atoms with van der Waals surface area (Å²) >= 11 is 0. The molecule has 2 aromatic rings. The van der Waals surface area contributed by atoms with Gasteiger partial charge >= 0.3 is 0 Å². The summed E-state index contributed by atoms with van der Waals surface area (Å²) in [7, 11) is 3.33. The van der Waals surface area contributed by atoms with E-state index in [2.05, 4.69) is 6.07 Å². The van der Waals surface area contributed by atoms with Gasteiger partial charge in [0.15, 0.2) is 6.10 Å². The van der Waals surface area contributed by atoms with Gasteiger partial charge in [0.1, 0.15) is 11.5 Å². The van der Waals surface area contributed by atoms with Crippen molar-refractivity contribution in [2.24, 2.45) is 0 Å². The molecule has 0 spiro atoms. The van der Waals surface area contributed by atoms with Crippen LogP contribution in [0.25, 0.3) is 0 Å². The van der Waals surface area contributed by atoms with Gasteiger partial charge in [-0.1, -0.05) is 12.1 Å². The maximum Gasteiger partial charge on any atom is 0.263 e. The van der Waals surface area contributed by atoms with Crippen LogP contribution in [0, 0.1) is 11.3 Å². The minimum Gasteiger partial charge on any atom is -0.497 e. The summed E-state index contributed by atoms with van der Waals surface area (Å²) in [6.45, 7) is 2.18. The van der Waals surface area contributed by atoms with Crippen LogP contribution in [0.5, 0.6) is 11.5 Å². The first kappa shape index (κ1) is 17.4. The highest BCUT2D eigenvalue weighted by molar-refractivity contribution is 5.80. The fraction of sp³-hybridized carbons (Fsp3) is 0.263. The second kappa shape index (κ2) is 8.02. The van der Waals surface area contributed by atoms with Crippen LogP contribution in [-0.2, 0) is 11.3 Å². The third kappa shape index (κ3) is 4.50. The normalized spacial score (nSPS) is 11.2. The van der Waals surface area contributed by atoms with Crippen LogP contribution in [0.15, 0.2) is 48.5 Å². The summed E-state index contributed by atoms with van der Waals surface area (Å²) in [4.78, 5) is 14.0. The summed E-state index contributed by atoms with van der Waals surface area (Å²) in [5.41, 5.74) is 1.56. The number of hydrogen-bond acceptors (Lipinski definition) is 4. The molecule has 5 nitrogen and oxygen atoms in total. The van der Waals surface area contributed by atoms with Gasteiger partial charge in [0.25, 0.3) is 5.91 Å². The van der Waals surface area contributed by atoms with Crippen LogP contribution < -0.4 is 9.47 Å². The molecule has 1 atom stereocenters. The van der Waals surface area contributed by atoms with E-state index in [4.69, 9.17) is 14.7 Å². The third-order valence-corrected chi connectivity index (χ3v) is 3.60. The number of carbonyl (C=O) groups is 1. The van der Waals surface area contributed by atoms with Crippen molar-refractivity contribution in [2.75, 3.05) is 14.2 Å². The van der Waals surface area contributed by atoms with Gasteiger partial charge in [0.2, 0.25) is 0 Å². The quantitative estimate of drug-likeness (QED) is 0.819. The zero-order chi connectivity index (χ0) is 17.5. The zero-order valence-electron chi connectivity index (χ0n) is 14.0. The Balaban J connectivity index is 1.94. The molecule has 2 rings (SSSR count). The van der Waals surface area contributed by atoms with Crippen molar-refractivity contribution in [2.45, 2.75) is 19.6 Å². The van der Waals surface area contributed by atoms with E-state index in [9.17, 15) is 4.79 Å². The van der Waals surface area contributed by atoms with Crippen LogP contribution in [0.1, 0.15) is 18.1 Å². The van der Waals surface area contributed by atoms with Crippen LogP contribution in [0.4, 0.5) is 0 Å². The van der Waals surface area contributed by atoms with E-state index in [1.54, 1.807) is 62.4 Å². The largest absolute Gasteiger partial charge is 0.497 e. The van der Waals surface area contributed by atoms with Crippen LogP contribution in [0.3, 0.4) is 0 Å². The predicted octanol–water partition coefficient (Wildman–Crippen LogP) is 2.99. The number of nitriles is 1. The molecule has 0 saturated heterocycles. The van der Waals surface area contributed by atoms with Gasteiger partial charge < -0.3 is 14.4 Å². The first-order chi connectivity index (χ1) is 11.5. The zero-order valence-corrected chi connectivity index (χ0v) is 14.0. The maximum atomic E-state index is 12.4. The summed E-state index contributed by atoms with van der Waals surface area (Å²) < 4.78 is 10.8. The lowest BCUT2D eigenvalue weighted by atomic mass is 10.1. The molecule has 0 saturated carbocycles. The van der Waals surface area contributed by atoms with Crippen molar-refractivity contribution in [3.63, 3.8) is 0 Å². The Bertz CT molecular complexity index is 718. The molecule has 0 aromatic heterocycles. The monoisotopic (exact) mass is 324 g/mol. The number of rotatable bonds is 6. The van der Waals surface area contributed by atoms with Gasteiger partial charge in [-0.15, -0.1) is 0 Å². The first-order valence-corrected chi connectivity index (χ1v) is 7.58. The number of likely N-dealkylation sites (N-methyl/N-ethyl adjacent to an activating group) is 1. The molecule has 0 bridgehead atoms. The van der Waals surface area contributed by atoms with Gasteiger partial charge in [-0.05, 0) is 48.9 Å². The first-order valence-electron chi connectivity index (χ1n) is 7.58. The lowest BCUT2D eigenvalue weighted by molar-refractivity contribution is -0.137. The minimum atomic E-state index is -0.596. The van der Waals surface area contributed by atoms with Crippen molar-refractivity contribution < 1.29 is 14.3 Å². The Morgan fingerprint density at radius 3 is 2.25 bits per heavy atom. The topological polar surface area (TPSA) is 62.6 Å². The van der Waals surface area contributed by atoms with E-state index in [1.165, 1.54) is 0 Å². The Morgan fingerprint density at radius 2 is 1.71 bits per heavy atom. The fourth-order valence-electron chi connectivity index (χ4n) is 2.26. The van der Waals surface area contributed by atoms with E-state index >= 15 is 0 Å². The van der Waals surface area contributed by atoms with Crippen molar-refractivity contribution >= 4 is 5.91 Å². The Morgan fingerprint density at radius 1 is 1.12 bits per heavy atom. The summed E-state index contributed by atoms with van der Waals surface area (Å²) in [6, 6.07) is 16.3. The van der Waals surface area contributed by atoms with E-state index in [0.29, 0.717) is 17.9 Å². The Hall–Kier alpha value is -3.00. The molecule has 0 heterocycles. The molecular weight excluding hydrogens is 304 g/mol. The number of carbonyl (C=O) groups excluding carboxylic acids is 1. The highest BCUT2D eigenvalue weighted by atomic mass is 16.5. The third-order valence-electron chi connectivity index (χ3n) is 3.60. The summed E-state index contributed by atoms with van der Waals surface area (Å²) in [6.07, 6.45) is -0.596. The van der Waals surface area contributed by atoms with Crippen molar-refractivity contribution in [1.82, 2.24) is 4.90 Å². The van der Waals surface area contributed by atoms with Gasteiger partial charge in [-0.2, -0.15) is 5.26 Å². The molecule has 1 unspecified atom stereocenters. The molecule has 0 fully saturated rings. The van der Waals surface area contributed by atoms with Gasteiger partial charge in [-0.3, -0.25) is 4.79 Å². The van der Waals surface area contributed by atoms with Gasteiger partial charge in [0.05, 0.1) is 18.7 Å². The van der Waals surface area contributed by atoms with Gasteiger partial charge in [0, 0.05) is 13.6 Å². The van der Waals surface area contributed by atoms with Crippen molar-refractivity contribution in [3.8, 4) is 17.6 Å². The summed E-state index contributed by atoms with van der Waals surface area (Å²) in [5, 5.41) is 8.81. The molecular formula is C19H20N2O3. The minimum absolute atomic E-state index is 0.116. The average Bonchev–Trinajstić information content (AvgIpc) is 2.62. The Labute approximate surface area is 142 Å². The standard InChI is InChI=1S/C19H20N2O3/c1-14(24-18-10-8-17(23-3)9-11-18)19(22)21(2)13-16-6-4-15(12-20)5-7-16/h4-11,14H,13H2,1-3H3. The number of nitrogens with zero attached hydrogens (tertiary/aromatic N) is 2. The molecule has 0 radical (unpaired) electrons. The van der Waals surface area contributed by atoms with E-state index in [1.807, 2.05) is 12.1 Å². The summed E-state index contributed by atoms with van der Waals surface area (Å²) in [5.74, 6) is 1.23. The second-order valence-corrected chi connectivity index (χ2v) is 5.44. The SMILES string of the molecule is COc1ccc(OC(C)C(=O)N(C)Cc2ccc(C#N)cc2)cc1. The van der Waals surface area contributed by atoms with Crippen molar-refractivity contribution in [3.05, 3.63) is 59.7 Å². The molecule has 2 aromatic carbocycles. The molecule has 24 heavy (non-hydrogen) atoms. The molecule has 1 amide bonds.